The number of pyridine rings is 1. The third kappa shape index (κ3) is 5.73. The van der Waals surface area contributed by atoms with E-state index in [1.165, 1.54) is 17.8 Å². The molecule has 0 unspecified atom stereocenters. The summed E-state index contributed by atoms with van der Waals surface area (Å²) in [5, 5.41) is 6.26. The molecule has 0 saturated carbocycles. The maximum atomic E-state index is 12.3. The van der Waals surface area contributed by atoms with Crippen molar-refractivity contribution in [2.45, 2.75) is 4.90 Å². The first-order valence-corrected chi connectivity index (χ1v) is 9.95. The molecule has 0 fully saturated rings. The number of thioether (sulfide) groups is 1. The molecule has 0 spiro atoms. The molecule has 2 aromatic carbocycles. The highest BCUT2D eigenvalue weighted by Crippen LogP contribution is 2.24. The summed E-state index contributed by atoms with van der Waals surface area (Å²) >= 11 is 13.3. The van der Waals surface area contributed by atoms with Gasteiger partial charge in [0.2, 0.25) is 5.91 Å². The van der Waals surface area contributed by atoms with E-state index in [1.807, 2.05) is 12.1 Å². The second-order valence-corrected chi connectivity index (χ2v) is 7.55. The highest BCUT2D eigenvalue weighted by Gasteiger charge is 2.11. The Bertz CT molecular complexity index is 983. The summed E-state index contributed by atoms with van der Waals surface area (Å²) in [5.41, 5.74) is 0.967. The molecule has 0 saturated heterocycles. The zero-order valence-electron chi connectivity index (χ0n) is 14.5. The number of aromatic nitrogens is 1. The smallest absolute Gasteiger partial charge is 0.257 e. The maximum absolute atomic E-state index is 12.3. The van der Waals surface area contributed by atoms with Crippen LogP contribution in [0.25, 0.3) is 0 Å². The topological polar surface area (TPSA) is 71.1 Å². The van der Waals surface area contributed by atoms with Crippen LogP contribution in [0, 0.1) is 0 Å². The molecule has 0 atom stereocenters. The van der Waals surface area contributed by atoms with Crippen molar-refractivity contribution in [2.24, 2.45) is 0 Å². The Kier molecular flexibility index (Phi) is 6.92. The van der Waals surface area contributed by atoms with Gasteiger partial charge in [-0.3, -0.25) is 9.59 Å². The van der Waals surface area contributed by atoms with E-state index in [1.54, 1.807) is 48.7 Å². The summed E-state index contributed by atoms with van der Waals surface area (Å²) < 4.78 is 0. The highest BCUT2D eigenvalue weighted by atomic mass is 35.5. The molecule has 1 aromatic heterocycles. The molecular weight excluding hydrogens is 417 g/mol. The predicted octanol–water partition coefficient (Wildman–Crippen LogP) is 5.37. The monoisotopic (exact) mass is 431 g/mol. The molecule has 28 heavy (non-hydrogen) atoms. The van der Waals surface area contributed by atoms with Gasteiger partial charge in [0.15, 0.2) is 0 Å². The molecule has 1 heterocycles. The van der Waals surface area contributed by atoms with Crippen molar-refractivity contribution in [3.63, 3.8) is 0 Å². The van der Waals surface area contributed by atoms with Gasteiger partial charge >= 0.3 is 0 Å². The van der Waals surface area contributed by atoms with Gasteiger partial charge in [-0.25, -0.2) is 4.98 Å². The summed E-state index contributed by atoms with van der Waals surface area (Å²) in [4.78, 5) is 29.2. The van der Waals surface area contributed by atoms with E-state index in [0.717, 1.165) is 4.90 Å². The van der Waals surface area contributed by atoms with Crippen molar-refractivity contribution < 1.29 is 9.59 Å². The zero-order valence-corrected chi connectivity index (χ0v) is 16.8. The average molecular weight is 432 g/mol. The third-order valence-corrected chi connectivity index (χ3v) is 5.15. The van der Waals surface area contributed by atoms with Crippen LogP contribution in [0.4, 0.5) is 11.5 Å². The van der Waals surface area contributed by atoms with E-state index in [9.17, 15) is 9.59 Å². The molecule has 3 rings (SSSR count). The maximum Gasteiger partial charge on any atom is 0.257 e. The Hall–Kier alpha value is -2.54. The first-order chi connectivity index (χ1) is 13.5. The number of rotatable bonds is 6. The van der Waals surface area contributed by atoms with Crippen LogP contribution in [0.2, 0.25) is 10.0 Å². The molecule has 0 bridgehead atoms. The van der Waals surface area contributed by atoms with Crippen molar-refractivity contribution in [3.8, 4) is 0 Å². The Morgan fingerprint density at radius 2 is 1.75 bits per heavy atom. The minimum absolute atomic E-state index is 0.140. The van der Waals surface area contributed by atoms with Crippen LogP contribution >= 0.6 is 35.0 Å². The number of amides is 2. The SMILES string of the molecule is O=C(CSc1ccc(NC(=O)c2ccc(Cl)cc2Cl)cc1)Nc1ccccn1. The van der Waals surface area contributed by atoms with Gasteiger partial charge in [-0.2, -0.15) is 0 Å². The average Bonchev–Trinajstić information content (AvgIpc) is 2.68. The van der Waals surface area contributed by atoms with E-state index in [-0.39, 0.29) is 22.6 Å². The minimum atomic E-state index is -0.322. The summed E-state index contributed by atoms with van der Waals surface area (Å²) in [5.74, 6) is 0.310. The summed E-state index contributed by atoms with van der Waals surface area (Å²) in [6.07, 6.45) is 1.62. The quantitative estimate of drug-likeness (QED) is 0.514. The number of nitrogens with zero attached hydrogens (tertiary/aromatic N) is 1. The lowest BCUT2D eigenvalue weighted by atomic mass is 10.2. The molecule has 0 aliphatic carbocycles. The largest absolute Gasteiger partial charge is 0.322 e. The van der Waals surface area contributed by atoms with Crippen LogP contribution in [-0.4, -0.2) is 22.6 Å². The fourth-order valence-corrected chi connectivity index (χ4v) is 3.46. The van der Waals surface area contributed by atoms with Gasteiger partial charge in [-0.15, -0.1) is 11.8 Å². The fraction of sp³-hybridized carbons (Fsp3) is 0.0500. The Morgan fingerprint density at radius 3 is 2.43 bits per heavy atom. The van der Waals surface area contributed by atoms with E-state index in [0.29, 0.717) is 22.1 Å². The van der Waals surface area contributed by atoms with Crippen LogP contribution in [0.5, 0.6) is 0 Å². The number of hydrogen-bond donors (Lipinski definition) is 2. The number of halogens is 2. The second-order valence-electron chi connectivity index (χ2n) is 5.65. The lowest BCUT2D eigenvalue weighted by molar-refractivity contribution is -0.113. The Labute approximate surface area is 176 Å². The van der Waals surface area contributed by atoms with Crippen LogP contribution in [-0.2, 0) is 4.79 Å². The Balaban J connectivity index is 1.53. The number of carbonyl (C=O) groups is 2. The molecule has 0 aliphatic rings. The summed E-state index contributed by atoms with van der Waals surface area (Å²) in [7, 11) is 0. The molecule has 8 heteroatoms. The van der Waals surface area contributed by atoms with Crippen LogP contribution in [0.1, 0.15) is 10.4 Å². The molecule has 3 aromatic rings. The molecule has 5 nitrogen and oxygen atoms in total. The van der Waals surface area contributed by atoms with Crippen molar-refractivity contribution in [2.75, 3.05) is 16.4 Å². The first-order valence-electron chi connectivity index (χ1n) is 8.21. The molecule has 2 amide bonds. The molecule has 0 aliphatic heterocycles. The first kappa shape index (κ1) is 20.2. The van der Waals surface area contributed by atoms with Gasteiger partial charge in [0.1, 0.15) is 5.82 Å². The van der Waals surface area contributed by atoms with E-state index >= 15 is 0 Å². The number of carbonyl (C=O) groups excluding carboxylic acids is 2. The zero-order chi connectivity index (χ0) is 19.9. The molecule has 142 valence electrons. The van der Waals surface area contributed by atoms with Gasteiger partial charge in [0, 0.05) is 21.8 Å². The number of nitrogens with one attached hydrogen (secondary N) is 2. The lowest BCUT2D eigenvalue weighted by Crippen LogP contribution is -2.14. The van der Waals surface area contributed by atoms with Crippen LogP contribution in [0.15, 0.2) is 71.8 Å². The number of hydrogen-bond acceptors (Lipinski definition) is 4. The molecule has 0 radical (unpaired) electrons. The van der Waals surface area contributed by atoms with Gasteiger partial charge in [0.25, 0.3) is 5.91 Å². The normalized spacial score (nSPS) is 10.4. The van der Waals surface area contributed by atoms with E-state index in [4.69, 9.17) is 23.2 Å². The summed E-state index contributed by atoms with van der Waals surface area (Å²) in [6, 6.07) is 17.2. The summed E-state index contributed by atoms with van der Waals surface area (Å²) in [6.45, 7) is 0. The van der Waals surface area contributed by atoms with Gasteiger partial charge in [0.05, 0.1) is 16.3 Å². The van der Waals surface area contributed by atoms with Gasteiger partial charge in [-0.1, -0.05) is 29.3 Å². The lowest BCUT2D eigenvalue weighted by Gasteiger charge is -2.08. The number of anilines is 2. The van der Waals surface area contributed by atoms with E-state index in [2.05, 4.69) is 15.6 Å². The van der Waals surface area contributed by atoms with Crippen molar-refractivity contribution in [1.82, 2.24) is 4.98 Å². The minimum Gasteiger partial charge on any atom is -0.322 e. The van der Waals surface area contributed by atoms with Crippen LogP contribution < -0.4 is 10.6 Å². The van der Waals surface area contributed by atoms with E-state index < -0.39 is 0 Å². The third-order valence-electron chi connectivity index (χ3n) is 3.59. The fourth-order valence-electron chi connectivity index (χ4n) is 2.27. The second kappa shape index (κ2) is 9.59. The highest BCUT2D eigenvalue weighted by molar-refractivity contribution is 8.00. The van der Waals surface area contributed by atoms with Gasteiger partial charge in [-0.05, 0) is 54.6 Å². The van der Waals surface area contributed by atoms with Crippen molar-refractivity contribution in [1.29, 1.82) is 0 Å². The van der Waals surface area contributed by atoms with Crippen molar-refractivity contribution >= 4 is 58.3 Å². The molecular formula is C20H15Cl2N3O2S. The Morgan fingerprint density at radius 1 is 0.964 bits per heavy atom. The number of benzene rings is 2. The standard InChI is InChI=1S/C20H15Cl2N3O2S/c21-13-4-9-16(17(22)11-13)20(27)24-14-5-7-15(8-6-14)28-12-19(26)25-18-3-1-2-10-23-18/h1-11H,12H2,(H,24,27)(H,23,25,26). The van der Waals surface area contributed by atoms with Crippen molar-refractivity contribution in [3.05, 3.63) is 82.5 Å². The predicted molar refractivity (Wildman–Crippen MR) is 114 cm³/mol. The van der Waals surface area contributed by atoms with Crippen LogP contribution in [0.3, 0.4) is 0 Å². The molecule has 2 N–H and O–H groups in total. The van der Waals surface area contributed by atoms with Gasteiger partial charge < -0.3 is 10.6 Å².